The van der Waals surface area contributed by atoms with E-state index < -0.39 is 17.6 Å². The molecule has 0 spiro atoms. The van der Waals surface area contributed by atoms with Gasteiger partial charge in [-0.15, -0.1) is 0 Å². The number of nitrogens with one attached hydrogen (secondary N) is 1. The molecular formula is C15H13F3N2O. The van der Waals surface area contributed by atoms with E-state index in [1.165, 1.54) is 18.2 Å². The van der Waals surface area contributed by atoms with Crippen molar-refractivity contribution >= 4 is 17.3 Å². The second kappa shape index (κ2) is 5.47. The number of nitrogens with two attached hydrogens (primary N) is 1. The van der Waals surface area contributed by atoms with Gasteiger partial charge in [-0.25, -0.2) is 0 Å². The minimum Gasteiger partial charge on any atom is -0.399 e. The van der Waals surface area contributed by atoms with Gasteiger partial charge in [0.25, 0.3) is 5.91 Å². The van der Waals surface area contributed by atoms with Gasteiger partial charge >= 0.3 is 6.18 Å². The summed E-state index contributed by atoms with van der Waals surface area (Å²) in [4.78, 5) is 12.1. The number of aryl methyl sites for hydroxylation is 1. The van der Waals surface area contributed by atoms with Crippen LogP contribution in [-0.2, 0) is 6.18 Å². The van der Waals surface area contributed by atoms with Crippen LogP contribution in [0.15, 0.2) is 42.5 Å². The number of hydrogen-bond donors (Lipinski definition) is 2. The van der Waals surface area contributed by atoms with Crippen molar-refractivity contribution in [2.24, 2.45) is 0 Å². The smallest absolute Gasteiger partial charge is 0.399 e. The van der Waals surface area contributed by atoms with Crippen LogP contribution in [0.1, 0.15) is 21.5 Å². The maximum absolute atomic E-state index is 12.4. The molecule has 3 N–H and O–H groups in total. The highest BCUT2D eigenvalue weighted by molar-refractivity contribution is 6.05. The Morgan fingerprint density at radius 3 is 2.29 bits per heavy atom. The van der Waals surface area contributed by atoms with E-state index in [1.807, 2.05) is 0 Å². The second-order valence-electron chi connectivity index (χ2n) is 4.60. The Morgan fingerprint density at radius 2 is 1.71 bits per heavy atom. The minimum atomic E-state index is -4.40. The summed E-state index contributed by atoms with van der Waals surface area (Å²) in [6.45, 7) is 1.75. The molecule has 0 heterocycles. The molecule has 0 fully saturated rings. The van der Waals surface area contributed by atoms with E-state index in [2.05, 4.69) is 5.32 Å². The average molecular weight is 294 g/mol. The summed E-state index contributed by atoms with van der Waals surface area (Å²) >= 11 is 0. The van der Waals surface area contributed by atoms with Crippen molar-refractivity contribution in [1.29, 1.82) is 0 Å². The molecule has 1 amide bonds. The number of hydrogen-bond acceptors (Lipinski definition) is 2. The summed E-state index contributed by atoms with van der Waals surface area (Å²) in [5.41, 5.74) is 6.70. The largest absolute Gasteiger partial charge is 0.416 e. The van der Waals surface area contributed by atoms with E-state index in [0.717, 1.165) is 17.7 Å². The Labute approximate surface area is 119 Å². The van der Waals surface area contributed by atoms with Crippen LogP contribution in [0.2, 0.25) is 0 Å². The number of benzene rings is 2. The van der Waals surface area contributed by atoms with E-state index >= 15 is 0 Å². The maximum Gasteiger partial charge on any atom is 0.416 e. The fraction of sp³-hybridized carbons (Fsp3) is 0.133. The Bertz CT molecular complexity index is 664. The van der Waals surface area contributed by atoms with Gasteiger partial charge in [0, 0.05) is 16.9 Å². The van der Waals surface area contributed by atoms with E-state index in [-0.39, 0.29) is 5.69 Å². The normalized spacial score (nSPS) is 11.2. The van der Waals surface area contributed by atoms with Gasteiger partial charge in [-0.1, -0.05) is 6.07 Å². The molecule has 0 aliphatic carbocycles. The molecule has 0 radical (unpaired) electrons. The summed E-state index contributed by atoms with van der Waals surface area (Å²) in [6.07, 6.45) is -4.40. The fourth-order valence-electron chi connectivity index (χ4n) is 1.83. The SMILES string of the molecule is Cc1ccc(N)cc1C(=O)Nc1ccc(C(F)(F)F)cc1. The molecule has 0 atom stereocenters. The van der Waals surface area contributed by atoms with Gasteiger partial charge < -0.3 is 11.1 Å². The lowest BCUT2D eigenvalue weighted by Gasteiger charge is -2.10. The van der Waals surface area contributed by atoms with E-state index in [9.17, 15) is 18.0 Å². The summed E-state index contributed by atoms with van der Waals surface area (Å²) in [5.74, 6) is -0.417. The molecule has 0 unspecified atom stereocenters. The van der Waals surface area contributed by atoms with Gasteiger partial charge in [-0.2, -0.15) is 13.2 Å². The first-order valence-corrected chi connectivity index (χ1v) is 6.12. The number of halogens is 3. The predicted octanol–water partition coefficient (Wildman–Crippen LogP) is 3.85. The molecule has 2 aromatic rings. The number of nitrogen functional groups attached to an aromatic ring is 1. The Balaban J connectivity index is 2.18. The molecule has 0 saturated carbocycles. The van der Waals surface area contributed by atoms with Crippen molar-refractivity contribution in [3.05, 3.63) is 59.2 Å². The molecule has 0 aliphatic rings. The third-order valence-electron chi connectivity index (χ3n) is 2.98. The molecule has 2 aromatic carbocycles. The third kappa shape index (κ3) is 3.53. The van der Waals surface area contributed by atoms with Gasteiger partial charge in [-0.3, -0.25) is 4.79 Å². The Morgan fingerprint density at radius 1 is 1.10 bits per heavy atom. The van der Waals surface area contributed by atoms with Crippen LogP contribution in [0.5, 0.6) is 0 Å². The molecule has 0 aromatic heterocycles. The Kier molecular flexibility index (Phi) is 3.88. The first-order chi connectivity index (χ1) is 9.77. The quantitative estimate of drug-likeness (QED) is 0.827. The molecule has 110 valence electrons. The average Bonchev–Trinajstić information content (AvgIpc) is 2.41. The number of rotatable bonds is 2. The summed E-state index contributed by atoms with van der Waals surface area (Å²) in [5, 5.41) is 2.54. The predicted molar refractivity (Wildman–Crippen MR) is 75.0 cm³/mol. The first-order valence-electron chi connectivity index (χ1n) is 6.12. The van der Waals surface area contributed by atoms with Crippen molar-refractivity contribution in [2.75, 3.05) is 11.1 Å². The molecule has 2 rings (SSSR count). The van der Waals surface area contributed by atoms with Gasteiger partial charge in [0.2, 0.25) is 0 Å². The number of carbonyl (C=O) groups excluding carboxylic acids is 1. The summed E-state index contributed by atoms with van der Waals surface area (Å²) in [6, 6.07) is 9.16. The van der Waals surface area contributed by atoms with Crippen molar-refractivity contribution in [2.45, 2.75) is 13.1 Å². The zero-order valence-corrected chi connectivity index (χ0v) is 11.2. The Hall–Kier alpha value is -2.50. The summed E-state index contributed by atoms with van der Waals surface area (Å²) < 4.78 is 37.3. The zero-order valence-electron chi connectivity index (χ0n) is 11.2. The van der Waals surface area contributed by atoms with Crippen LogP contribution < -0.4 is 11.1 Å². The number of alkyl halides is 3. The number of anilines is 2. The highest BCUT2D eigenvalue weighted by Crippen LogP contribution is 2.29. The van der Waals surface area contributed by atoms with Gasteiger partial charge in [0.1, 0.15) is 0 Å². The van der Waals surface area contributed by atoms with E-state index in [1.54, 1.807) is 19.1 Å². The third-order valence-corrected chi connectivity index (χ3v) is 2.98. The van der Waals surface area contributed by atoms with Crippen LogP contribution in [0, 0.1) is 6.92 Å². The standard InChI is InChI=1S/C15H13F3N2O/c1-9-2-5-11(19)8-13(9)14(21)20-12-6-3-10(4-7-12)15(16,17)18/h2-8H,19H2,1H3,(H,20,21). The van der Waals surface area contributed by atoms with Crippen molar-refractivity contribution in [1.82, 2.24) is 0 Å². The van der Waals surface area contributed by atoms with Gasteiger partial charge in [-0.05, 0) is 48.9 Å². The van der Waals surface area contributed by atoms with Crippen LogP contribution in [-0.4, -0.2) is 5.91 Å². The second-order valence-corrected chi connectivity index (χ2v) is 4.60. The van der Waals surface area contributed by atoms with Gasteiger partial charge in [0.05, 0.1) is 5.56 Å². The van der Waals surface area contributed by atoms with Crippen LogP contribution in [0.25, 0.3) is 0 Å². The van der Waals surface area contributed by atoms with Crippen LogP contribution in [0.4, 0.5) is 24.5 Å². The molecule has 0 bridgehead atoms. The summed E-state index contributed by atoms with van der Waals surface area (Å²) in [7, 11) is 0. The number of amides is 1. The monoisotopic (exact) mass is 294 g/mol. The molecule has 0 saturated heterocycles. The van der Waals surface area contributed by atoms with E-state index in [0.29, 0.717) is 11.3 Å². The highest BCUT2D eigenvalue weighted by Gasteiger charge is 2.30. The first kappa shape index (κ1) is 14.9. The zero-order chi connectivity index (χ0) is 15.6. The molecule has 3 nitrogen and oxygen atoms in total. The molecular weight excluding hydrogens is 281 g/mol. The van der Waals surface area contributed by atoms with Crippen molar-refractivity contribution < 1.29 is 18.0 Å². The lowest BCUT2D eigenvalue weighted by Crippen LogP contribution is -2.14. The fourth-order valence-corrected chi connectivity index (χ4v) is 1.83. The van der Waals surface area contributed by atoms with E-state index in [4.69, 9.17) is 5.73 Å². The minimum absolute atomic E-state index is 0.287. The molecule has 21 heavy (non-hydrogen) atoms. The molecule has 0 aliphatic heterocycles. The van der Waals surface area contributed by atoms with Gasteiger partial charge in [0.15, 0.2) is 0 Å². The van der Waals surface area contributed by atoms with Crippen LogP contribution in [0.3, 0.4) is 0 Å². The topological polar surface area (TPSA) is 55.1 Å². The molecule has 6 heteroatoms. The lowest BCUT2D eigenvalue weighted by molar-refractivity contribution is -0.137. The van der Waals surface area contributed by atoms with Crippen molar-refractivity contribution in [3.8, 4) is 0 Å². The maximum atomic E-state index is 12.4. The van der Waals surface area contributed by atoms with Crippen LogP contribution >= 0.6 is 0 Å². The highest BCUT2D eigenvalue weighted by atomic mass is 19.4. The van der Waals surface area contributed by atoms with Crippen molar-refractivity contribution in [3.63, 3.8) is 0 Å². The number of carbonyl (C=O) groups is 1. The lowest BCUT2D eigenvalue weighted by atomic mass is 10.1.